The van der Waals surface area contributed by atoms with Crippen molar-refractivity contribution in [3.63, 3.8) is 0 Å². The molecule has 1 rings (SSSR count). The van der Waals surface area contributed by atoms with Gasteiger partial charge < -0.3 is 20.3 Å². The maximum atomic E-state index is 11.6. The summed E-state index contributed by atoms with van der Waals surface area (Å²) in [5, 5.41) is 6.72. The second-order valence-corrected chi connectivity index (χ2v) is 7.21. The first-order valence-corrected chi connectivity index (χ1v) is 9.24. The number of ether oxygens (including phenoxy) is 1. The third kappa shape index (κ3) is 9.75. The first-order valence-electron chi connectivity index (χ1n) is 9.24. The largest absolute Gasteiger partial charge is 0.444 e. The van der Waals surface area contributed by atoms with Crippen molar-refractivity contribution in [3.8, 4) is 0 Å². The van der Waals surface area contributed by atoms with Crippen molar-refractivity contribution in [1.29, 1.82) is 0 Å². The van der Waals surface area contributed by atoms with Crippen molar-refractivity contribution in [2.45, 2.75) is 65.0 Å². The summed E-state index contributed by atoms with van der Waals surface area (Å²) >= 11 is 0. The fourth-order valence-electron chi connectivity index (χ4n) is 2.24. The monoisotopic (exact) mass is 376 g/mol. The number of nitrogens with one attached hydrogen (secondary N) is 1. The van der Waals surface area contributed by atoms with Crippen molar-refractivity contribution in [2.75, 3.05) is 6.54 Å². The normalized spacial score (nSPS) is 13.6. The molecule has 150 valence electrons. The maximum absolute atomic E-state index is 11.6. The maximum Gasteiger partial charge on any atom is 0.407 e. The van der Waals surface area contributed by atoms with Gasteiger partial charge in [-0.15, -0.1) is 0 Å². The molecule has 0 aliphatic carbocycles. The van der Waals surface area contributed by atoms with Crippen LogP contribution in [0.5, 0.6) is 0 Å². The molecule has 7 nitrogen and oxygen atoms in total. The lowest BCUT2D eigenvalue weighted by atomic mass is 10.1. The zero-order chi connectivity index (χ0) is 20.3. The minimum Gasteiger partial charge on any atom is -0.444 e. The highest BCUT2D eigenvalue weighted by Gasteiger charge is 2.16. The molecule has 1 amide bonds. The zero-order valence-corrected chi connectivity index (χ0v) is 16.8. The molecule has 1 atom stereocenters. The Kier molecular flexibility index (Phi) is 9.50. The summed E-state index contributed by atoms with van der Waals surface area (Å²) in [4.78, 5) is 15.9. The molecule has 0 fully saturated rings. The van der Waals surface area contributed by atoms with Crippen molar-refractivity contribution >= 4 is 6.09 Å². The Morgan fingerprint density at radius 2 is 2.15 bits per heavy atom. The van der Waals surface area contributed by atoms with Crippen LogP contribution >= 0.6 is 0 Å². The molecule has 0 aliphatic rings. The topological polar surface area (TPSA) is 103 Å². The van der Waals surface area contributed by atoms with E-state index in [2.05, 4.69) is 22.0 Å². The van der Waals surface area contributed by atoms with Gasteiger partial charge in [0.2, 0.25) is 5.89 Å². The molecule has 0 spiro atoms. The van der Waals surface area contributed by atoms with Crippen LogP contribution < -0.4 is 11.1 Å². The molecular formula is C20H32N4O3. The summed E-state index contributed by atoms with van der Waals surface area (Å²) in [6, 6.07) is -0.314. The Morgan fingerprint density at radius 1 is 1.41 bits per heavy atom. The average molecular weight is 377 g/mol. The average Bonchev–Trinajstić information content (AvgIpc) is 3.05. The number of nitrogens with zero attached hydrogens (tertiary/aromatic N) is 2. The summed E-state index contributed by atoms with van der Waals surface area (Å²) in [7, 11) is 0. The van der Waals surface area contributed by atoms with Crippen molar-refractivity contribution < 1.29 is 14.1 Å². The molecule has 7 heteroatoms. The van der Waals surface area contributed by atoms with E-state index < -0.39 is 11.7 Å². The van der Waals surface area contributed by atoms with Gasteiger partial charge in [0.15, 0.2) is 5.82 Å². The number of carbonyl (C=O) groups excluding carboxylic acids is 1. The molecule has 0 bridgehead atoms. The molecule has 1 unspecified atom stereocenters. The van der Waals surface area contributed by atoms with Crippen molar-refractivity contribution in [2.24, 2.45) is 5.73 Å². The van der Waals surface area contributed by atoms with Gasteiger partial charge in [0.05, 0.1) is 6.04 Å². The lowest BCUT2D eigenvalue weighted by Crippen LogP contribution is -2.33. The summed E-state index contributed by atoms with van der Waals surface area (Å²) < 4.78 is 10.5. The molecule has 0 aromatic carbocycles. The van der Waals surface area contributed by atoms with E-state index in [0.717, 1.165) is 18.4 Å². The molecule has 1 aromatic rings. The van der Waals surface area contributed by atoms with Crippen LogP contribution in [0.15, 0.2) is 41.0 Å². The quantitative estimate of drug-likeness (QED) is 0.472. The highest BCUT2D eigenvalue weighted by Crippen LogP contribution is 2.16. The number of allylic oxidation sites excluding steroid dienone is 5. The highest BCUT2D eigenvalue weighted by atomic mass is 16.6. The lowest BCUT2D eigenvalue weighted by Gasteiger charge is -2.19. The predicted octanol–water partition coefficient (Wildman–Crippen LogP) is 4.00. The number of carbonyl (C=O) groups is 1. The smallest absolute Gasteiger partial charge is 0.407 e. The molecule has 0 saturated carbocycles. The van der Waals surface area contributed by atoms with Gasteiger partial charge in [0, 0.05) is 13.0 Å². The minimum atomic E-state index is -0.490. The van der Waals surface area contributed by atoms with E-state index in [4.69, 9.17) is 15.0 Å². The Morgan fingerprint density at radius 3 is 2.78 bits per heavy atom. The number of hydrogen-bond donors (Lipinski definition) is 2. The third-order valence-electron chi connectivity index (χ3n) is 3.59. The van der Waals surface area contributed by atoms with E-state index >= 15 is 0 Å². The van der Waals surface area contributed by atoms with Gasteiger partial charge in [-0.2, -0.15) is 4.98 Å². The second kappa shape index (κ2) is 11.3. The lowest BCUT2D eigenvalue weighted by molar-refractivity contribution is 0.0527. The standard InChI is InChI=1S/C20H32N4O3/c1-6-8-11-15(7-2)14-17-23-18(27-24-17)16(21)12-9-10-13-22-19(25)26-20(3,4)5/h6-8,11,16H,1,9-10,12-14,21H2,2-5H3,(H,22,25)/b11-8-,15-7+. The molecular weight excluding hydrogens is 344 g/mol. The molecule has 27 heavy (non-hydrogen) atoms. The van der Waals surface area contributed by atoms with Crippen LogP contribution in [0.4, 0.5) is 4.79 Å². The predicted molar refractivity (Wildman–Crippen MR) is 106 cm³/mol. The van der Waals surface area contributed by atoms with Crippen LogP contribution in [-0.4, -0.2) is 28.4 Å². The van der Waals surface area contributed by atoms with Crippen LogP contribution in [-0.2, 0) is 11.2 Å². The van der Waals surface area contributed by atoms with Gasteiger partial charge in [-0.25, -0.2) is 4.79 Å². The van der Waals surface area contributed by atoms with Crippen LogP contribution in [0, 0.1) is 0 Å². The Labute approximate surface area is 161 Å². The Hall–Kier alpha value is -2.41. The SMILES string of the molecule is C=C/C=C\C(=C/C)Cc1noc(C(N)CCCCNC(=O)OC(C)(C)C)n1. The van der Waals surface area contributed by atoms with Gasteiger partial charge in [-0.1, -0.05) is 36.0 Å². The fourth-order valence-corrected chi connectivity index (χ4v) is 2.24. The van der Waals surface area contributed by atoms with Gasteiger partial charge in [-0.3, -0.25) is 0 Å². The van der Waals surface area contributed by atoms with E-state index in [-0.39, 0.29) is 6.04 Å². The van der Waals surface area contributed by atoms with Crippen LogP contribution in [0.3, 0.4) is 0 Å². The molecule has 1 aromatic heterocycles. The number of amides is 1. The molecule has 0 radical (unpaired) electrons. The third-order valence-corrected chi connectivity index (χ3v) is 3.59. The van der Waals surface area contributed by atoms with E-state index in [1.807, 2.05) is 45.9 Å². The van der Waals surface area contributed by atoms with Gasteiger partial charge in [-0.05, 0) is 52.5 Å². The van der Waals surface area contributed by atoms with Gasteiger partial charge in [0.1, 0.15) is 5.60 Å². The summed E-state index contributed by atoms with van der Waals surface area (Å²) in [6.45, 7) is 11.7. The van der Waals surface area contributed by atoms with E-state index in [1.165, 1.54) is 0 Å². The number of hydrogen-bond acceptors (Lipinski definition) is 6. The molecule has 3 N–H and O–H groups in total. The molecule has 0 saturated heterocycles. The summed E-state index contributed by atoms with van der Waals surface area (Å²) in [6.07, 6.45) is 10.0. The molecule has 0 aliphatic heterocycles. The minimum absolute atomic E-state index is 0.314. The van der Waals surface area contributed by atoms with E-state index in [0.29, 0.717) is 31.1 Å². The number of rotatable bonds is 10. The molecule has 1 heterocycles. The summed E-state index contributed by atoms with van der Waals surface area (Å²) in [5.41, 5.74) is 6.71. The number of aromatic nitrogens is 2. The second-order valence-electron chi connectivity index (χ2n) is 7.21. The van der Waals surface area contributed by atoms with Crippen LogP contribution in [0.25, 0.3) is 0 Å². The van der Waals surface area contributed by atoms with E-state index in [9.17, 15) is 4.79 Å². The first-order chi connectivity index (χ1) is 12.7. The van der Waals surface area contributed by atoms with Crippen LogP contribution in [0.1, 0.15) is 64.7 Å². The number of unbranched alkanes of at least 4 members (excludes halogenated alkanes) is 1. The van der Waals surface area contributed by atoms with Crippen molar-refractivity contribution in [1.82, 2.24) is 15.5 Å². The Bertz CT molecular complexity index is 656. The van der Waals surface area contributed by atoms with E-state index in [1.54, 1.807) is 6.08 Å². The van der Waals surface area contributed by atoms with Crippen molar-refractivity contribution in [3.05, 3.63) is 48.2 Å². The Balaban J connectivity index is 2.34. The zero-order valence-electron chi connectivity index (χ0n) is 16.8. The first kappa shape index (κ1) is 22.6. The summed E-state index contributed by atoms with van der Waals surface area (Å²) in [5.74, 6) is 1.04. The van der Waals surface area contributed by atoms with Gasteiger partial charge in [0.25, 0.3) is 0 Å². The van der Waals surface area contributed by atoms with Crippen LogP contribution in [0.2, 0.25) is 0 Å². The van der Waals surface area contributed by atoms with Gasteiger partial charge >= 0.3 is 6.09 Å². The number of nitrogens with two attached hydrogens (primary N) is 1. The highest BCUT2D eigenvalue weighted by molar-refractivity contribution is 5.67. The fraction of sp³-hybridized carbons (Fsp3) is 0.550. The number of alkyl carbamates (subject to hydrolysis) is 1.